The molecule has 150 valence electrons. The number of halogens is 2. The molecule has 2 amide bonds. The predicted molar refractivity (Wildman–Crippen MR) is 98.3 cm³/mol. The van der Waals surface area contributed by atoms with Crippen molar-refractivity contribution in [2.24, 2.45) is 0 Å². The van der Waals surface area contributed by atoms with E-state index in [1.807, 2.05) is 0 Å². The molecule has 1 atom stereocenters. The Morgan fingerprint density at radius 2 is 2.00 bits per heavy atom. The van der Waals surface area contributed by atoms with Crippen molar-refractivity contribution in [3.05, 3.63) is 59.7 Å². The third-order valence-electron chi connectivity index (χ3n) is 4.28. The average Bonchev–Trinajstić information content (AvgIpc) is 2.70. The number of carbonyl (C=O) groups is 1. The Bertz CT molecular complexity index is 817. The Hall–Kier alpha value is -2.71. The molecule has 2 aromatic carbocycles. The third-order valence-corrected chi connectivity index (χ3v) is 4.28. The van der Waals surface area contributed by atoms with Gasteiger partial charge in [0.05, 0.1) is 25.9 Å². The van der Waals surface area contributed by atoms with Gasteiger partial charge in [-0.1, -0.05) is 18.2 Å². The molecule has 1 aliphatic heterocycles. The predicted octanol–water partition coefficient (Wildman–Crippen LogP) is 3.31. The minimum Gasteiger partial charge on any atom is -0.451 e. The molecule has 1 fully saturated rings. The Labute approximate surface area is 162 Å². The van der Waals surface area contributed by atoms with Gasteiger partial charge in [0.1, 0.15) is 0 Å². The highest BCUT2D eigenvalue weighted by Gasteiger charge is 2.24. The summed E-state index contributed by atoms with van der Waals surface area (Å²) in [5.74, 6) is -1.35. The fourth-order valence-corrected chi connectivity index (χ4v) is 2.86. The second kappa shape index (κ2) is 9.48. The number of morpholine rings is 1. The topological polar surface area (TPSA) is 60.0 Å². The highest BCUT2D eigenvalue weighted by molar-refractivity contribution is 5.74. The zero-order valence-corrected chi connectivity index (χ0v) is 15.5. The molecule has 3 rings (SSSR count). The van der Waals surface area contributed by atoms with E-state index in [-0.39, 0.29) is 30.2 Å². The van der Waals surface area contributed by atoms with Gasteiger partial charge in [-0.2, -0.15) is 0 Å². The van der Waals surface area contributed by atoms with E-state index in [2.05, 4.69) is 5.32 Å². The van der Waals surface area contributed by atoms with Crippen LogP contribution in [0.2, 0.25) is 0 Å². The van der Waals surface area contributed by atoms with Gasteiger partial charge < -0.3 is 24.4 Å². The van der Waals surface area contributed by atoms with E-state index >= 15 is 0 Å². The maximum absolute atomic E-state index is 14.3. The molecule has 1 saturated heterocycles. The Kier molecular flexibility index (Phi) is 6.78. The third kappa shape index (κ3) is 5.17. The molecule has 28 heavy (non-hydrogen) atoms. The SMILES string of the molecule is COCC1CN(C(=O)NCc2ccc(Oc3ccccc3F)c(F)c2)CCO1. The number of para-hydroxylation sites is 1. The van der Waals surface area contributed by atoms with E-state index in [1.165, 1.54) is 30.3 Å². The number of methoxy groups -OCH3 is 1. The lowest BCUT2D eigenvalue weighted by molar-refractivity contribution is -0.0494. The summed E-state index contributed by atoms with van der Waals surface area (Å²) in [4.78, 5) is 13.9. The van der Waals surface area contributed by atoms with E-state index in [0.717, 1.165) is 0 Å². The number of rotatable bonds is 6. The van der Waals surface area contributed by atoms with Gasteiger partial charge in [-0.05, 0) is 29.8 Å². The first kappa shape index (κ1) is 20.0. The van der Waals surface area contributed by atoms with Crippen LogP contribution < -0.4 is 10.1 Å². The van der Waals surface area contributed by atoms with Gasteiger partial charge in [-0.3, -0.25) is 0 Å². The molecule has 8 heteroatoms. The van der Waals surface area contributed by atoms with Gasteiger partial charge in [0.25, 0.3) is 0 Å². The zero-order valence-electron chi connectivity index (χ0n) is 15.5. The van der Waals surface area contributed by atoms with Crippen molar-refractivity contribution in [1.82, 2.24) is 10.2 Å². The van der Waals surface area contributed by atoms with Crippen LogP contribution in [0, 0.1) is 11.6 Å². The van der Waals surface area contributed by atoms with Crippen LogP contribution in [-0.2, 0) is 16.0 Å². The van der Waals surface area contributed by atoms with Crippen LogP contribution in [0.25, 0.3) is 0 Å². The molecule has 0 aliphatic carbocycles. The maximum atomic E-state index is 14.3. The lowest BCUT2D eigenvalue weighted by atomic mass is 10.2. The number of amides is 2. The Morgan fingerprint density at radius 1 is 1.21 bits per heavy atom. The summed E-state index contributed by atoms with van der Waals surface area (Å²) in [6, 6.07) is 9.81. The average molecular weight is 392 g/mol. The number of nitrogens with zero attached hydrogens (tertiary/aromatic N) is 1. The molecular formula is C20H22F2N2O4. The summed E-state index contributed by atoms with van der Waals surface area (Å²) in [6.07, 6.45) is -0.156. The van der Waals surface area contributed by atoms with Gasteiger partial charge in [-0.15, -0.1) is 0 Å². The number of ether oxygens (including phenoxy) is 3. The minimum absolute atomic E-state index is 0.0552. The first-order chi connectivity index (χ1) is 13.6. The van der Waals surface area contributed by atoms with Crippen LogP contribution in [0.1, 0.15) is 5.56 Å². The summed E-state index contributed by atoms with van der Waals surface area (Å²) in [5, 5.41) is 2.76. The van der Waals surface area contributed by atoms with Crippen LogP contribution in [0.15, 0.2) is 42.5 Å². The van der Waals surface area contributed by atoms with Crippen LogP contribution in [-0.4, -0.2) is 50.4 Å². The van der Waals surface area contributed by atoms with E-state index < -0.39 is 11.6 Å². The molecular weight excluding hydrogens is 370 g/mol. The first-order valence-corrected chi connectivity index (χ1v) is 8.91. The fraction of sp³-hybridized carbons (Fsp3) is 0.350. The number of hydrogen-bond donors (Lipinski definition) is 1. The van der Waals surface area contributed by atoms with Crippen molar-refractivity contribution in [3.8, 4) is 11.5 Å². The molecule has 2 aromatic rings. The number of urea groups is 1. The van der Waals surface area contributed by atoms with Crippen molar-refractivity contribution >= 4 is 6.03 Å². The van der Waals surface area contributed by atoms with Gasteiger partial charge in [0.2, 0.25) is 0 Å². The number of benzene rings is 2. The molecule has 1 heterocycles. The molecule has 1 unspecified atom stereocenters. The van der Waals surface area contributed by atoms with Crippen molar-refractivity contribution in [3.63, 3.8) is 0 Å². The lowest BCUT2D eigenvalue weighted by Gasteiger charge is -2.32. The van der Waals surface area contributed by atoms with E-state index in [1.54, 1.807) is 24.1 Å². The quantitative estimate of drug-likeness (QED) is 0.820. The normalized spacial score (nSPS) is 16.7. The lowest BCUT2D eigenvalue weighted by Crippen LogP contribution is -2.50. The highest BCUT2D eigenvalue weighted by Crippen LogP contribution is 2.27. The molecule has 1 N–H and O–H groups in total. The van der Waals surface area contributed by atoms with Crippen LogP contribution in [0.3, 0.4) is 0 Å². The van der Waals surface area contributed by atoms with Gasteiger partial charge >= 0.3 is 6.03 Å². The molecule has 0 aromatic heterocycles. The summed E-state index contributed by atoms with van der Waals surface area (Å²) in [6.45, 7) is 1.93. The largest absolute Gasteiger partial charge is 0.451 e. The highest BCUT2D eigenvalue weighted by atomic mass is 19.1. The van der Waals surface area contributed by atoms with Crippen LogP contribution in [0.4, 0.5) is 13.6 Å². The van der Waals surface area contributed by atoms with E-state index in [0.29, 0.717) is 31.9 Å². The molecule has 1 aliphatic rings. The number of hydrogen-bond acceptors (Lipinski definition) is 4. The fourth-order valence-electron chi connectivity index (χ4n) is 2.86. The second-order valence-electron chi connectivity index (χ2n) is 6.35. The van der Waals surface area contributed by atoms with Crippen molar-refractivity contribution in [2.75, 3.05) is 33.4 Å². The molecule has 0 spiro atoms. The number of nitrogens with one attached hydrogen (secondary N) is 1. The maximum Gasteiger partial charge on any atom is 0.317 e. The Morgan fingerprint density at radius 3 is 2.75 bits per heavy atom. The van der Waals surface area contributed by atoms with Gasteiger partial charge in [0, 0.05) is 20.2 Å². The molecule has 0 saturated carbocycles. The number of carbonyl (C=O) groups excluding carboxylic acids is 1. The monoisotopic (exact) mass is 392 g/mol. The summed E-state index contributed by atoms with van der Waals surface area (Å²) < 4.78 is 43.8. The summed E-state index contributed by atoms with van der Waals surface area (Å²) in [5.41, 5.74) is 0.563. The molecule has 0 bridgehead atoms. The van der Waals surface area contributed by atoms with Crippen LogP contribution >= 0.6 is 0 Å². The summed E-state index contributed by atoms with van der Waals surface area (Å²) in [7, 11) is 1.58. The van der Waals surface area contributed by atoms with Crippen molar-refractivity contribution < 1.29 is 27.8 Å². The van der Waals surface area contributed by atoms with Gasteiger partial charge in [-0.25, -0.2) is 13.6 Å². The zero-order chi connectivity index (χ0) is 19.9. The second-order valence-corrected chi connectivity index (χ2v) is 6.35. The molecule has 0 radical (unpaired) electrons. The van der Waals surface area contributed by atoms with Crippen molar-refractivity contribution in [2.45, 2.75) is 12.6 Å². The standard InChI is InChI=1S/C20H22F2N2O4/c1-26-13-15-12-24(8-9-27-15)20(25)23-11-14-6-7-19(17(22)10-14)28-18-5-3-2-4-16(18)21/h2-7,10,15H,8-9,11-13H2,1H3,(H,23,25). The van der Waals surface area contributed by atoms with Gasteiger partial charge in [0.15, 0.2) is 23.1 Å². The van der Waals surface area contributed by atoms with Crippen molar-refractivity contribution in [1.29, 1.82) is 0 Å². The van der Waals surface area contributed by atoms with E-state index in [9.17, 15) is 13.6 Å². The first-order valence-electron chi connectivity index (χ1n) is 8.91. The minimum atomic E-state index is -0.637. The Balaban J connectivity index is 1.56. The molecule has 6 nitrogen and oxygen atoms in total. The smallest absolute Gasteiger partial charge is 0.317 e. The van der Waals surface area contributed by atoms with Crippen LogP contribution in [0.5, 0.6) is 11.5 Å². The van der Waals surface area contributed by atoms with E-state index in [4.69, 9.17) is 14.2 Å². The summed E-state index contributed by atoms with van der Waals surface area (Å²) >= 11 is 0.